The summed E-state index contributed by atoms with van der Waals surface area (Å²) in [4.78, 5) is 15.8. The van der Waals surface area contributed by atoms with E-state index >= 15 is 0 Å². The van der Waals surface area contributed by atoms with Crippen LogP contribution >= 0.6 is 0 Å². The van der Waals surface area contributed by atoms with Crippen LogP contribution in [0.5, 0.6) is 0 Å². The number of hydrogen-bond acceptors (Lipinski definition) is 4. The quantitative estimate of drug-likeness (QED) is 0.837. The molecule has 5 heteroatoms. The number of hydrogen-bond donors (Lipinski definition) is 2. The first-order valence-electron chi connectivity index (χ1n) is 6.57. The number of benzene rings is 1. The van der Waals surface area contributed by atoms with Crippen molar-refractivity contribution in [3.63, 3.8) is 0 Å². The highest BCUT2D eigenvalue weighted by Gasteiger charge is 2.13. The molecule has 2 aromatic rings. The van der Waals surface area contributed by atoms with Gasteiger partial charge in [0.05, 0.1) is 12.3 Å². The normalized spacial score (nSPS) is 9.81. The van der Waals surface area contributed by atoms with Gasteiger partial charge < -0.3 is 14.8 Å². The van der Waals surface area contributed by atoms with Gasteiger partial charge in [-0.05, 0) is 24.6 Å². The van der Waals surface area contributed by atoms with Crippen LogP contribution in [0.4, 0.5) is 0 Å². The van der Waals surface area contributed by atoms with Crippen LogP contribution in [0.15, 0.2) is 35.1 Å². The molecule has 1 amide bonds. The Hall–Kier alpha value is -2.58. The Morgan fingerprint density at radius 3 is 3.05 bits per heavy atom. The highest BCUT2D eigenvalue weighted by molar-refractivity contribution is 5.92. The summed E-state index contributed by atoms with van der Waals surface area (Å²) in [6.45, 7) is 2.16. The molecule has 0 bridgehead atoms. The monoisotopic (exact) mass is 284 g/mol. The number of aromatic nitrogens is 1. The highest BCUT2D eigenvalue weighted by Crippen LogP contribution is 2.07. The first-order valence-corrected chi connectivity index (χ1v) is 6.57. The summed E-state index contributed by atoms with van der Waals surface area (Å²) in [6.07, 6.45) is 1.70. The van der Waals surface area contributed by atoms with Gasteiger partial charge in [0.1, 0.15) is 0 Å². The maximum Gasteiger partial charge on any atom is 0.289 e. The van der Waals surface area contributed by atoms with Gasteiger partial charge in [0.25, 0.3) is 5.91 Å². The molecule has 0 atom stereocenters. The van der Waals surface area contributed by atoms with E-state index in [0.29, 0.717) is 18.7 Å². The van der Waals surface area contributed by atoms with E-state index in [9.17, 15) is 4.79 Å². The van der Waals surface area contributed by atoms with Gasteiger partial charge in [-0.1, -0.05) is 24.0 Å². The lowest BCUT2D eigenvalue weighted by atomic mass is 10.1. The third-order valence-corrected chi connectivity index (χ3v) is 2.80. The minimum atomic E-state index is -0.290. The van der Waals surface area contributed by atoms with Gasteiger partial charge in [-0.15, -0.1) is 0 Å². The summed E-state index contributed by atoms with van der Waals surface area (Å²) in [5.41, 5.74) is 2.36. The number of nitrogens with one attached hydrogen (secondary N) is 1. The minimum absolute atomic E-state index is 0.0548. The summed E-state index contributed by atoms with van der Waals surface area (Å²) in [5.74, 6) is 5.76. The summed E-state index contributed by atoms with van der Waals surface area (Å²) in [7, 11) is 0. The number of oxazole rings is 1. The third-order valence-electron chi connectivity index (χ3n) is 2.80. The van der Waals surface area contributed by atoms with Gasteiger partial charge >= 0.3 is 0 Å². The van der Waals surface area contributed by atoms with Crippen LogP contribution in [0, 0.1) is 18.8 Å². The molecule has 0 saturated heterocycles. The number of carbonyl (C=O) groups is 1. The van der Waals surface area contributed by atoms with Crippen molar-refractivity contribution in [2.45, 2.75) is 19.9 Å². The predicted molar refractivity (Wildman–Crippen MR) is 77.4 cm³/mol. The Bertz CT molecular complexity index is 680. The van der Waals surface area contributed by atoms with Gasteiger partial charge in [-0.2, -0.15) is 0 Å². The van der Waals surface area contributed by atoms with Crippen LogP contribution in [-0.4, -0.2) is 22.6 Å². The van der Waals surface area contributed by atoms with Crippen molar-refractivity contribution in [2.24, 2.45) is 0 Å². The molecule has 0 aliphatic heterocycles. The molecule has 2 rings (SSSR count). The highest BCUT2D eigenvalue weighted by atomic mass is 16.3. The van der Waals surface area contributed by atoms with E-state index in [1.807, 2.05) is 24.3 Å². The van der Waals surface area contributed by atoms with Crippen molar-refractivity contribution >= 4 is 5.91 Å². The van der Waals surface area contributed by atoms with Crippen molar-refractivity contribution < 1.29 is 14.3 Å². The molecule has 0 fully saturated rings. The van der Waals surface area contributed by atoms with E-state index in [-0.39, 0.29) is 18.3 Å². The molecule has 0 spiro atoms. The summed E-state index contributed by atoms with van der Waals surface area (Å²) < 4.78 is 5.03. The number of aliphatic hydroxyl groups excluding tert-OH is 1. The largest absolute Gasteiger partial charge is 0.438 e. The summed E-state index contributed by atoms with van der Waals surface area (Å²) >= 11 is 0. The number of aryl methyl sites for hydroxylation is 1. The molecule has 0 aliphatic rings. The SMILES string of the molecule is Cc1ncoc1C(=O)NCc1cccc(C#CCCO)c1. The van der Waals surface area contributed by atoms with Gasteiger partial charge in [0, 0.05) is 18.5 Å². The number of rotatable bonds is 4. The molecular weight excluding hydrogens is 268 g/mol. The van der Waals surface area contributed by atoms with Crippen molar-refractivity contribution in [2.75, 3.05) is 6.61 Å². The van der Waals surface area contributed by atoms with E-state index in [4.69, 9.17) is 9.52 Å². The Labute approximate surface area is 123 Å². The molecule has 0 unspecified atom stereocenters. The molecule has 108 valence electrons. The van der Waals surface area contributed by atoms with Crippen LogP contribution in [0.3, 0.4) is 0 Å². The zero-order valence-corrected chi connectivity index (χ0v) is 11.7. The lowest BCUT2D eigenvalue weighted by molar-refractivity contribution is 0.0922. The summed E-state index contributed by atoms with van der Waals surface area (Å²) in [6, 6.07) is 7.57. The van der Waals surface area contributed by atoms with Crippen molar-refractivity contribution in [1.82, 2.24) is 10.3 Å². The Morgan fingerprint density at radius 1 is 1.48 bits per heavy atom. The maximum atomic E-state index is 11.9. The second-order valence-electron chi connectivity index (χ2n) is 4.43. The van der Waals surface area contributed by atoms with Gasteiger partial charge in [0.15, 0.2) is 6.39 Å². The molecule has 0 saturated carbocycles. The van der Waals surface area contributed by atoms with Gasteiger partial charge in [-0.3, -0.25) is 4.79 Å². The van der Waals surface area contributed by atoms with E-state index in [1.165, 1.54) is 6.39 Å². The first-order chi connectivity index (χ1) is 10.2. The molecule has 1 aromatic heterocycles. The average molecular weight is 284 g/mol. The minimum Gasteiger partial charge on any atom is -0.438 e. The fraction of sp³-hybridized carbons (Fsp3) is 0.250. The standard InChI is InChI=1S/C16H16N2O3/c1-12-15(21-11-18-12)16(20)17-10-14-7-4-6-13(9-14)5-2-3-8-19/h4,6-7,9,11,19H,3,8,10H2,1H3,(H,17,20). The van der Waals surface area contributed by atoms with Crippen LogP contribution in [-0.2, 0) is 6.54 Å². The van der Waals surface area contributed by atoms with Gasteiger partial charge in [-0.25, -0.2) is 4.98 Å². The van der Waals surface area contributed by atoms with E-state index in [1.54, 1.807) is 6.92 Å². The molecular formula is C16H16N2O3. The average Bonchev–Trinajstić information content (AvgIpc) is 2.92. The zero-order chi connectivity index (χ0) is 15.1. The molecule has 2 N–H and O–H groups in total. The summed E-state index contributed by atoms with van der Waals surface area (Å²) in [5, 5.41) is 11.5. The van der Waals surface area contributed by atoms with Crippen LogP contribution in [0.1, 0.15) is 33.8 Å². The second kappa shape index (κ2) is 7.27. The Kier molecular flexibility index (Phi) is 5.13. The fourth-order valence-electron chi connectivity index (χ4n) is 1.76. The topological polar surface area (TPSA) is 75.4 Å². The van der Waals surface area contributed by atoms with Crippen molar-refractivity contribution in [1.29, 1.82) is 0 Å². The number of aliphatic hydroxyl groups is 1. The molecule has 0 aliphatic carbocycles. The lowest BCUT2D eigenvalue weighted by Crippen LogP contribution is -2.23. The Balaban J connectivity index is 1.98. The van der Waals surface area contributed by atoms with E-state index < -0.39 is 0 Å². The third kappa shape index (κ3) is 4.20. The Morgan fingerprint density at radius 2 is 2.33 bits per heavy atom. The number of nitrogens with zero attached hydrogens (tertiary/aromatic N) is 1. The molecule has 0 radical (unpaired) electrons. The lowest BCUT2D eigenvalue weighted by Gasteiger charge is -2.04. The molecule has 21 heavy (non-hydrogen) atoms. The molecule has 5 nitrogen and oxygen atoms in total. The molecule has 1 heterocycles. The van der Waals surface area contributed by atoms with Crippen LogP contribution in [0.25, 0.3) is 0 Å². The predicted octanol–water partition coefficient (Wildman–Crippen LogP) is 1.65. The van der Waals surface area contributed by atoms with Crippen molar-refractivity contribution in [3.8, 4) is 11.8 Å². The smallest absolute Gasteiger partial charge is 0.289 e. The van der Waals surface area contributed by atoms with Crippen molar-refractivity contribution in [3.05, 3.63) is 53.2 Å². The zero-order valence-electron chi connectivity index (χ0n) is 11.7. The van der Waals surface area contributed by atoms with Gasteiger partial charge in [0.2, 0.25) is 5.76 Å². The second-order valence-corrected chi connectivity index (χ2v) is 4.43. The maximum absolute atomic E-state index is 11.9. The number of amides is 1. The molecule has 1 aromatic carbocycles. The van der Waals surface area contributed by atoms with E-state index in [2.05, 4.69) is 22.1 Å². The van der Waals surface area contributed by atoms with Crippen LogP contribution < -0.4 is 5.32 Å². The fourth-order valence-corrected chi connectivity index (χ4v) is 1.76. The first kappa shape index (κ1) is 14.8. The van der Waals surface area contributed by atoms with Crippen LogP contribution in [0.2, 0.25) is 0 Å². The van der Waals surface area contributed by atoms with E-state index in [0.717, 1.165) is 11.1 Å². The number of carbonyl (C=O) groups excluding carboxylic acids is 1.